The van der Waals surface area contributed by atoms with Gasteiger partial charge >= 0.3 is 0 Å². The minimum atomic E-state index is 0.262. The lowest BCUT2D eigenvalue weighted by molar-refractivity contribution is 1.15. The molecule has 2 aliphatic rings. The zero-order chi connectivity index (χ0) is 16.2. The molecule has 0 unspecified atom stereocenters. The van der Waals surface area contributed by atoms with Crippen molar-refractivity contribution in [3.63, 3.8) is 0 Å². The molecule has 114 valence electrons. The standard InChI is InChI=1S/C22H14S2/c1-2-6-17(5-1)9-11-19-13-15-21(23-19)22-16-14-20(24-22)12-10-18-7-3-4-8-18/h1-8,13-18H. The lowest BCUT2D eigenvalue weighted by Gasteiger charge is -1.90. The normalized spacial score (nSPS) is 15.5. The van der Waals surface area contributed by atoms with Gasteiger partial charge in [-0.25, -0.2) is 0 Å². The fourth-order valence-corrected chi connectivity index (χ4v) is 4.27. The Morgan fingerprint density at radius 1 is 0.583 bits per heavy atom. The third kappa shape index (κ3) is 3.52. The van der Waals surface area contributed by atoms with Crippen LogP contribution in [0.15, 0.2) is 72.9 Å². The summed E-state index contributed by atoms with van der Waals surface area (Å²) in [6, 6.07) is 8.52. The van der Waals surface area contributed by atoms with Crippen molar-refractivity contribution in [1.29, 1.82) is 0 Å². The van der Waals surface area contributed by atoms with E-state index in [2.05, 4.69) is 72.3 Å². The van der Waals surface area contributed by atoms with Gasteiger partial charge in [0.15, 0.2) is 0 Å². The van der Waals surface area contributed by atoms with Crippen LogP contribution in [-0.4, -0.2) is 0 Å². The van der Waals surface area contributed by atoms with Crippen LogP contribution in [0.25, 0.3) is 9.75 Å². The van der Waals surface area contributed by atoms with Crippen LogP contribution in [0.4, 0.5) is 0 Å². The summed E-state index contributed by atoms with van der Waals surface area (Å²) in [5.74, 6) is 13.6. The van der Waals surface area contributed by atoms with Crippen molar-refractivity contribution in [1.82, 2.24) is 0 Å². The number of allylic oxidation sites excluding steroid dienone is 8. The summed E-state index contributed by atoms with van der Waals surface area (Å²) in [7, 11) is 0. The maximum Gasteiger partial charge on any atom is 0.0775 e. The number of hydrogen-bond donors (Lipinski definition) is 0. The van der Waals surface area contributed by atoms with E-state index < -0.39 is 0 Å². The lowest BCUT2D eigenvalue weighted by atomic mass is 10.2. The van der Waals surface area contributed by atoms with Gasteiger partial charge in [0.25, 0.3) is 0 Å². The molecule has 2 heterocycles. The van der Waals surface area contributed by atoms with Crippen molar-refractivity contribution in [3.05, 3.63) is 82.6 Å². The molecular weight excluding hydrogens is 328 g/mol. The van der Waals surface area contributed by atoms with Crippen molar-refractivity contribution in [2.24, 2.45) is 11.8 Å². The SMILES string of the molecule is C(#CC1C=CC=C1)c1ccc(-c2ccc(C#CC3C=CC=C3)s2)s1. The molecule has 0 radical (unpaired) electrons. The molecule has 2 heteroatoms. The Labute approximate surface area is 150 Å². The van der Waals surface area contributed by atoms with Crippen molar-refractivity contribution < 1.29 is 0 Å². The minimum Gasteiger partial charge on any atom is -0.126 e. The van der Waals surface area contributed by atoms with Crippen LogP contribution in [0.2, 0.25) is 0 Å². The summed E-state index contributed by atoms with van der Waals surface area (Å²) >= 11 is 3.49. The highest BCUT2D eigenvalue weighted by atomic mass is 32.1. The third-order valence-corrected chi connectivity index (χ3v) is 5.87. The quantitative estimate of drug-likeness (QED) is 0.586. The molecule has 0 aliphatic heterocycles. The molecule has 0 spiro atoms. The van der Waals surface area contributed by atoms with E-state index in [1.54, 1.807) is 22.7 Å². The predicted octanol–water partition coefficient (Wildman–Crippen LogP) is 5.66. The molecule has 4 rings (SSSR count). The first-order valence-electron chi connectivity index (χ1n) is 7.80. The van der Waals surface area contributed by atoms with Gasteiger partial charge in [0, 0.05) is 9.75 Å². The molecule has 0 saturated carbocycles. The molecule has 2 aliphatic carbocycles. The second-order valence-corrected chi connectivity index (χ2v) is 7.63. The van der Waals surface area contributed by atoms with E-state index in [0.717, 1.165) is 9.75 Å². The first kappa shape index (κ1) is 15.0. The van der Waals surface area contributed by atoms with E-state index in [0.29, 0.717) is 0 Å². The molecule has 0 fully saturated rings. The zero-order valence-corrected chi connectivity index (χ0v) is 14.5. The molecule has 0 bridgehead atoms. The van der Waals surface area contributed by atoms with Crippen LogP contribution in [0.3, 0.4) is 0 Å². The van der Waals surface area contributed by atoms with Crippen molar-refractivity contribution >= 4 is 22.7 Å². The van der Waals surface area contributed by atoms with E-state index >= 15 is 0 Å². The monoisotopic (exact) mass is 342 g/mol. The predicted molar refractivity (Wildman–Crippen MR) is 105 cm³/mol. The fraction of sp³-hybridized carbons (Fsp3) is 0.0909. The molecule has 0 aromatic carbocycles. The van der Waals surface area contributed by atoms with Gasteiger partial charge in [0.1, 0.15) is 0 Å². The number of thiophene rings is 2. The highest BCUT2D eigenvalue weighted by molar-refractivity contribution is 7.22. The Bertz CT molecular complexity index is 878. The largest absolute Gasteiger partial charge is 0.126 e. The molecular formula is C22H14S2. The summed E-state index contributed by atoms with van der Waals surface area (Å²) in [4.78, 5) is 4.74. The Morgan fingerprint density at radius 3 is 1.42 bits per heavy atom. The van der Waals surface area contributed by atoms with Crippen molar-refractivity contribution in [3.8, 4) is 33.4 Å². The molecule has 24 heavy (non-hydrogen) atoms. The first-order valence-corrected chi connectivity index (χ1v) is 9.43. The highest BCUT2D eigenvalue weighted by Crippen LogP contribution is 2.33. The Balaban J connectivity index is 1.48. The zero-order valence-electron chi connectivity index (χ0n) is 12.9. The van der Waals surface area contributed by atoms with Crippen molar-refractivity contribution in [2.75, 3.05) is 0 Å². The van der Waals surface area contributed by atoms with E-state index in [9.17, 15) is 0 Å². The van der Waals surface area contributed by atoms with Gasteiger partial charge in [-0.3, -0.25) is 0 Å². The molecule has 2 aromatic heterocycles. The molecule has 0 nitrogen and oxygen atoms in total. The van der Waals surface area contributed by atoms with Crippen LogP contribution >= 0.6 is 22.7 Å². The van der Waals surface area contributed by atoms with Gasteiger partial charge in [0.05, 0.1) is 21.6 Å². The smallest absolute Gasteiger partial charge is 0.0775 e. The second-order valence-electron chi connectivity index (χ2n) is 5.46. The van der Waals surface area contributed by atoms with E-state index in [-0.39, 0.29) is 11.8 Å². The van der Waals surface area contributed by atoms with E-state index in [1.165, 1.54) is 9.75 Å². The average Bonchev–Trinajstić information content (AvgIpc) is 3.40. The minimum absolute atomic E-state index is 0.262. The summed E-state index contributed by atoms with van der Waals surface area (Å²) in [6.07, 6.45) is 16.6. The first-order chi connectivity index (χ1) is 11.9. The van der Waals surface area contributed by atoms with Gasteiger partial charge < -0.3 is 0 Å². The van der Waals surface area contributed by atoms with Crippen LogP contribution in [0.1, 0.15) is 9.75 Å². The van der Waals surface area contributed by atoms with Crippen molar-refractivity contribution in [2.45, 2.75) is 0 Å². The van der Waals surface area contributed by atoms with E-state index in [4.69, 9.17) is 0 Å². The van der Waals surface area contributed by atoms with Gasteiger partial charge in [-0.15, -0.1) is 22.7 Å². The maximum atomic E-state index is 3.27. The van der Waals surface area contributed by atoms with Crippen LogP contribution < -0.4 is 0 Å². The second kappa shape index (κ2) is 6.93. The van der Waals surface area contributed by atoms with E-state index in [1.807, 2.05) is 24.3 Å². The Kier molecular flexibility index (Phi) is 4.34. The average molecular weight is 342 g/mol. The van der Waals surface area contributed by atoms with Gasteiger partial charge in [0.2, 0.25) is 0 Å². The molecule has 0 saturated heterocycles. The summed E-state index contributed by atoms with van der Waals surface area (Å²) < 4.78 is 0. The Hall–Kier alpha value is -2.52. The molecule has 0 N–H and O–H groups in total. The summed E-state index contributed by atoms with van der Waals surface area (Å²) in [5, 5.41) is 0. The highest BCUT2D eigenvalue weighted by Gasteiger charge is 2.05. The Morgan fingerprint density at radius 2 is 1.00 bits per heavy atom. The maximum absolute atomic E-state index is 3.27. The fourth-order valence-electron chi connectivity index (χ4n) is 2.44. The number of rotatable bonds is 1. The van der Waals surface area contributed by atoms with Crippen LogP contribution in [0, 0.1) is 35.5 Å². The summed E-state index contributed by atoms with van der Waals surface area (Å²) in [5.41, 5.74) is 0. The number of hydrogen-bond acceptors (Lipinski definition) is 2. The topological polar surface area (TPSA) is 0 Å². The third-order valence-electron chi connectivity index (χ3n) is 3.67. The van der Waals surface area contributed by atoms with Crippen LogP contribution in [0.5, 0.6) is 0 Å². The molecule has 2 aromatic rings. The van der Waals surface area contributed by atoms with Gasteiger partial charge in [-0.05, 0) is 24.3 Å². The molecule has 0 amide bonds. The molecule has 0 atom stereocenters. The summed E-state index contributed by atoms with van der Waals surface area (Å²) in [6.45, 7) is 0. The van der Waals surface area contributed by atoms with Crippen LogP contribution in [-0.2, 0) is 0 Å². The van der Waals surface area contributed by atoms with Gasteiger partial charge in [-0.2, -0.15) is 0 Å². The van der Waals surface area contributed by atoms with Gasteiger partial charge in [-0.1, -0.05) is 72.3 Å². The lowest BCUT2D eigenvalue weighted by Crippen LogP contribution is -1.80.